The van der Waals surface area contributed by atoms with Crippen LogP contribution in [0.15, 0.2) is 18.2 Å². The molecule has 1 aromatic carbocycles. The fraction of sp³-hybridized carbons (Fsp3) is 0.714. The molecule has 0 N–H and O–H groups in total. The molecule has 0 fully saturated rings. The minimum atomic E-state index is -2.93. The number of rotatable bonds is 15. The Balaban J connectivity index is 3.03. The molecular formula is C21H36F2O3Si. The van der Waals surface area contributed by atoms with Gasteiger partial charge >= 0.3 is 8.80 Å². The molecule has 1 rings (SSSR count). The molecule has 1 atom stereocenters. The summed E-state index contributed by atoms with van der Waals surface area (Å²) >= 11 is 0. The molecule has 0 aliphatic rings. The Morgan fingerprint density at radius 3 is 1.89 bits per heavy atom. The Bertz CT molecular complexity index is 500. The van der Waals surface area contributed by atoms with E-state index < -0.39 is 26.5 Å². The maximum absolute atomic E-state index is 13.7. The first-order valence-electron chi connectivity index (χ1n) is 10.4. The van der Waals surface area contributed by atoms with Gasteiger partial charge in [-0.3, -0.25) is 0 Å². The highest BCUT2D eigenvalue weighted by molar-refractivity contribution is 6.60. The maximum Gasteiger partial charge on any atom is 0.501 e. The number of hydrogen-bond acceptors (Lipinski definition) is 3. The van der Waals surface area contributed by atoms with Crippen molar-refractivity contribution in [3.8, 4) is 0 Å². The second-order valence-corrected chi connectivity index (χ2v) is 9.59. The summed E-state index contributed by atoms with van der Waals surface area (Å²) in [5, 5.41) is 0. The summed E-state index contributed by atoms with van der Waals surface area (Å²) in [6.45, 7) is 9.36. The van der Waals surface area contributed by atoms with Gasteiger partial charge in [0.05, 0.1) is 6.10 Å². The molecule has 27 heavy (non-hydrogen) atoms. The van der Waals surface area contributed by atoms with Gasteiger partial charge in [0, 0.05) is 25.3 Å². The second-order valence-electron chi connectivity index (χ2n) is 6.91. The van der Waals surface area contributed by atoms with E-state index in [1.54, 1.807) is 0 Å². The van der Waals surface area contributed by atoms with Gasteiger partial charge in [0.1, 0.15) is 11.6 Å². The highest BCUT2D eigenvalue weighted by Gasteiger charge is 2.43. The van der Waals surface area contributed by atoms with Gasteiger partial charge < -0.3 is 13.3 Å². The van der Waals surface area contributed by atoms with Gasteiger partial charge in [0.15, 0.2) is 0 Å². The average molecular weight is 403 g/mol. The fourth-order valence-corrected chi connectivity index (χ4v) is 6.04. The maximum atomic E-state index is 13.7. The van der Waals surface area contributed by atoms with Crippen LogP contribution in [0.25, 0.3) is 0 Å². The lowest BCUT2D eigenvalue weighted by Crippen LogP contribution is -2.47. The summed E-state index contributed by atoms with van der Waals surface area (Å²) in [4.78, 5) is 0. The van der Waals surface area contributed by atoms with Crippen LogP contribution in [0.2, 0.25) is 6.04 Å². The van der Waals surface area contributed by atoms with Crippen LogP contribution in [-0.2, 0) is 13.3 Å². The molecule has 0 heterocycles. The number of hydrogen-bond donors (Lipinski definition) is 0. The largest absolute Gasteiger partial charge is 0.501 e. The predicted octanol–water partition coefficient (Wildman–Crippen LogP) is 6.80. The van der Waals surface area contributed by atoms with Crippen LogP contribution in [-0.4, -0.2) is 22.0 Å². The van der Waals surface area contributed by atoms with Crippen LogP contribution in [0.5, 0.6) is 0 Å². The Labute approximate surface area is 164 Å². The summed E-state index contributed by atoms with van der Waals surface area (Å²) in [7, 11) is -2.93. The fourth-order valence-electron chi connectivity index (χ4n) is 2.96. The lowest BCUT2D eigenvalue weighted by Gasteiger charge is -2.33. The SMILES string of the molecule is CCCCCC[Si](OCCC)(OCCC)OC(CC)c1cc(F)cc(F)c1. The number of unbranched alkanes of at least 4 members (excludes halogenated alkanes) is 3. The topological polar surface area (TPSA) is 27.7 Å². The van der Waals surface area contributed by atoms with Crippen molar-refractivity contribution in [2.75, 3.05) is 13.2 Å². The lowest BCUT2D eigenvalue weighted by atomic mass is 10.1. The Kier molecular flexibility index (Phi) is 12.0. The van der Waals surface area contributed by atoms with Gasteiger partial charge in [-0.1, -0.05) is 47.0 Å². The van der Waals surface area contributed by atoms with Crippen molar-refractivity contribution in [3.05, 3.63) is 35.4 Å². The summed E-state index contributed by atoms with van der Waals surface area (Å²) in [5.74, 6) is -1.18. The van der Waals surface area contributed by atoms with Gasteiger partial charge in [-0.05, 0) is 43.4 Å². The minimum Gasteiger partial charge on any atom is -0.373 e. The van der Waals surface area contributed by atoms with Crippen molar-refractivity contribution >= 4 is 8.80 Å². The standard InChI is InChI=1S/C21H36F2O3Si/c1-5-9-10-11-14-27(24-12-6-2,25-13-7-3)26-21(8-4)18-15-19(22)17-20(23)16-18/h15-17,21H,5-14H2,1-4H3. The highest BCUT2D eigenvalue weighted by Crippen LogP contribution is 2.31. The van der Waals surface area contributed by atoms with Crippen molar-refractivity contribution in [2.45, 2.75) is 84.8 Å². The van der Waals surface area contributed by atoms with Gasteiger partial charge in [0.2, 0.25) is 0 Å². The van der Waals surface area contributed by atoms with Crippen LogP contribution < -0.4 is 0 Å². The molecule has 0 aliphatic carbocycles. The molecule has 1 aromatic rings. The van der Waals surface area contributed by atoms with Crippen molar-refractivity contribution < 1.29 is 22.1 Å². The molecule has 3 nitrogen and oxygen atoms in total. The van der Waals surface area contributed by atoms with Crippen LogP contribution in [0.4, 0.5) is 8.78 Å². The molecule has 0 aromatic heterocycles. The molecule has 156 valence electrons. The molecule has 1 unspecified atom stereocenters. The first kappa shape index (κ1) is 24.2. The first-order valence-corrected chi connectivity index (χ1v) is 12.3. The zero-order valence-electron chi connectivity index (χ0n) is 17.4. The Morgan fingerprint density at radius 1 is 0.815 bits per heavy atom. The number of benzene rings is 1. The van der Waals surface area contributed by atoms with Gasteiger partial charge in [-0.15, -0.1) is 0 Å². The van der Waals surface area contributed by atoms with Gasteiger partial charge in [-0.25, -0.2) is 8.78 Å². The minimum absolute atomic E-state index is 0.443. The van der Waals surface area contributed by atoms with E-state index in [4.69, 9.17) is 13.3 Å². The van der Waals surface area contributed by atoms with Gasteiger partial charge in [-0.2, -0.15) is 0 Å². The van der Waals surface area contributed by atoms with Crippen LogP contribution in [0.1, 0.15) is 84.3 Å². The van der Waals surface area contributed by atoms with Crippen molar-refractivity contribution in [1.29, 1.82) is 0 Å². The summed E-state index contributed by atoms with van der Waals surface area (Å²) in [6, 6.07) is 4.30. The van der Waals surface area contributed by atoms with Crippen molar-refractivity contribution in [2.24, 2.45) is 0 Å². The van der Waals surface area contributed by atoms with E-state index in [0.29, 0.717) is 25.2 Å². The zero-order chi connectivity index (χ0) is 20.1. The molecule has 0 spiro atoms. The van der Waals surface area contributed by atoms with E-state index in [1.165, 1.54) is 18.6 Å². The third-order valence-electron chi connectivity index (χ3n) is 4.34. The molecule has 0 bridgehead atoms. The molecule has 0 amide bonds. The zero-order valence-corrected chi connectivity index (χ0v) is 18.4. The average Bonchev–Trinajstić information content (AvgIpc) is 2.65. The quantitative estimate of drug-likeness (QED) is 0.238. The monoisotopic (exact) mass is 402 g/mol. The summed E-state index contributed by atoms with van der Waals surface area (Å²) < 4.78 is 46.2. The van der Waals surface area contributed by atoms with Crippen LogP contribution >= 0.6 is 0 Å². The van der Waals surface area contributed by atoms with E-state index in [1.807, 2.05) is 6.92 Å². The molecule has 0 aliphatic heterocycles. The summed E-state index contributed by atoms with van der Waals surface area (Å²) in [6.07, 6.45) is 6.28. The van der Waals surface area contributed by atoms with E-state index >= 15 is 0 Å². The van der Waals surface area contributed by atoms with Crippen molar-refractivity contribution in [3.63, 3.8) is 0 Å². The predicted molar refractivity (Wildman–Crippen MR) is 108 cm³/mol. The molecule has 0 saturated carbocycles. The molecule has 0 saturated heterocycles. The molecule has 6 heteroatoms. The van der Waals surface area contributed by atoms with E-state index in [0.717, 1.165) is 44.2 Å². The Morgan fingerprint density at radius 2 is 1.41 bits per heavy atom. The van der Waals surface area contributed by atoms with Crippen LogP contribution in [0, 0.1) is 11.6 Å². The van der Waals surface area contributed by atoms with E-state index in [9.17, 15) is 8.78 Å². The van der Waals surface area contributed by atoms with E-state index in [-0.39, 0.29) is 0 Å². The lowest BCUT2D eigenvalue weighted by molar-refractivity contribution is 0.0235. The smallest absolute Gasteiger partial charge is 0.373 e. The van der Waals surface area contributed by atoms with Crippen LogP contribution in [0.3, 0.4) is 0 Å². The van der Waals surface area contributed by atoms with Gasteiger partial charge in [0.25, 0.3) is 0 Å². The molecule has 0 radical (unpaired) electrons. The first-order chi connectivity index (χ1) is 13.0. The third-order valence-corrected chi connectivity index (χ3v) is 7.24. The second kappa shape index (κ2) is 13.4. The van der Waals surface area contributed by atoms with E-state index in [2.05, 4.69) is 20.8 Å². The number of halogens is 2. The Hall–Kier alpha value is -0.823. The van der Waals surface area contributed by atoms with Crippen molar-refractivity contribution in [1.82, 2.24) is 0 Å². The normalized spacial score (nSPS) is 13.1. The third kappa shape index (κ3) is 8.81. The molecular weight excluding hydrogens is 366 g/mol. The highest BCUT2D eigenvalue weighted by atomic mass is 28.4. The summed E-state index contributed by atoms with van der Waals surface area (Å²) in [5.41, 5.74) is 0.501.